The first-order valence-corrected chi connectivity index (χ1v) is 10.4. The molecule has 0 bridgehead atoms. The number of hydrogen-bond acceptors (Lipinski definition) is 4. The van der Waals surface area contributed by atoms with Crippen molar-refractivity contribution in [2.45, 2.75) is 13.3 Å². The minimum Gasteiger partial charge on any atom is -0.354 e. The van der Waals surface area contributed by atoms with Crippen LogP contribution in [0.5, 0.6) is 0 Å². The highest BCUT2D eigenvalue weighted by Crippen LogP contribution is 2.18. The third-order valence-corrected chi connectivity index (χ3v) is 6.00. The number of aryl methyl sites for hydroxylation is 2. The molecule has 2 aliphatic heterocycles. The summed E-state index contributed by atoms with van der Waals surface area (Å²) in [6.07, 6.45) is 2.70. The number of nitrogens with zero attached hydrogens (tertiary/aromatic N) is 6. The van der Waals surface area contributed by atoms with Crippen molar-refractivity contribution in [2.24, 2.45) is 12.0 Å². The molecule has 154 valence electrons. The second-order valence-electron chi connectivity index (χ2n) is 7.90. The second-order valence-corrected chi connectivity index (χ2v) is 7.90. The van der Waals surface area contributed by atoms with Crippen molar-refractivity contribution in [3.8, 4) is 0 Å². The monoisotopic (exact) mass is 394 g/mol. The Morgan fingerprint density at radius 2 is 1.86 bits per heavy atom. The number of carbonyl (C=O) groups is 1. The van der Waals surface area contributed by atoms with Gasteiger partial charge < -0.3 is 9.80 Å². The molecule has 0 N–H and O–H groups in total. The van der Waals surface area contributed by atoms with E-state index < -0.39 is 0 Å². The van der Waals surface area contributed by atoms with Gasteiger partial charge in [-0.25, -0.2) is 0 Å². The fourth-order valence-electron chi connectivity index (χ4n) is 4.33. The summed E-state index contributed by atoms with van der Waals surface area (Å²) in [6, 6.07) is 8.44. The molecule has 0 saturated carbocycles. The minimum absolute atomic E-state index is 0.123. The Hall–Kier alpha value is -2.67. The van der Waals surface area contributed by atoms with E-state index in [2.05, 4.69) is 51.1 Å². The summed E-state index contributed by atoms with van der Waals surface area (Å²) < 4.78 is 1.74. The molecule has 7 nitrogen and oxygen atoms in total. The quantitative estimate of drug-likeness (QED) is 0.581. The number of carbonyl (C=O) groups excluding carboxylic acids is 1. The van der Waals surface area contributed by atoms with Crippen molar-refractivity contribution < 1.29 is 4.79 Å². The lowest BCUT2D eigenvalue weighted by Crippen LogP contribution is -2.51. The Labute approximate surface area is 172 Å². The lowest BCUT2D eigenvalue weighted by molar-refractivity contribution is 0.0706. The summed E-state index contributed by atoms with van der Waals surface area (Å²) >= 11 is 0. The normalized spacial score (nSPS) is 18.3. The molecule has 29 heavy (non-hydrogen) atoms. The standard InChI is InChI=1S/C22H30N6O/c1-17-6-4-5-7-18(17)21(23-2)27-13-10-26(11-14-27)12-15-28-9-8-20-19(22(28)29)16-25(3)24-20/h4-7,16H,8-15H2,1-3H3. The molecule has 0 unspecified atom stereocenters. The van der Waals surface area contributed by atoms with Crippen LogP contribution in [0.25, 0.3) is 0 Å². The summed E-state index contributed by atoms with van der Waals surface area (Å²) in [5, 5.41) is 4.39. The van der Waals surface area contributed by atoms with Gasteiger partial charge in [0.15, 0.2) is 0 Å². The van der Waals surface area contributed by atoms with Gasteiger partial charge in [-0.05, 0) is 12.5 Å². The lowest BCUT2D eigenvalue weighted by atomic mass is 10.1. The summed E-state index contributed by atoms with van der Waals surface area (Å²) in [6.45, 7) is 8.50. The number of amides is 1. The maximum Gasteiger partial charge on any atom is 0.257 e. The highest BCUT2D eigenvalue weighted by atomic mass is 16.2. The van der Waals surface area contributed by atoms with Gasteiger partial charge in [0.1, 0.15) is 5.84 Å². The number of fused-ring (bicyclic) bond motifs is 1. The van der Waals surface area contributed by atoms with E-state index in [4.69, 9.17) is 0 Å². The van der Waals surface area contributed by atoms with Gasteiger partial charge in [0, 0.05) is 78.1 Å². The van der Waals surface area contributed by atoms with Gasteiger partial charge in [-0.15, -0.1) is 0 Å². The average Bonchev–Trinajstić information content (AvgIpc) is 3.12. The first-order valence-electron chi connectivity index (χ1n) is 10.4. The van der Waals surface area contributed by atoms with E-state index in [1.54, 1.807) is 4.68 Å². The summed E-state index contributed by atoms with van der Waals surface area (Å²) in [5.74, 6) is 1.20. The Kier molecular flexibility index (Phi) is 5.67. The molecule has 1 fully saturated rings. The molecule has 1 aromatic heterocycles. The summed E-state index contributed by atoms with van der Waals surface area (Å²) in [7, 11) is 3.75. The number of piperazine rings is 1. The molecule has 1 aromatic carbocycles. The van der Waals surface area contributed by atoms with Crippen LogP contribution in [-0.2, 0) is 13.5 Å². The summed E-state index contributed by atoms with van der Waals surface area (Å²) in [5.41, 5.74) is 4.18. The zero-order chi connectivity index (χ0) is 20.4. The fourth-order valence-corrected chi connectivity index (χ4v) is 4.33. The molecule has 0 radical (unpaired) electrons. The van der Waals surface area contributed by atoms with Crippen molar-refractivity contribution in [3.63, 3.8) is 0 Å². The SMILES string of the molecule is CN=C(c1ccccc1C)N1CCN(CCN2CCc3nn(C)cc3C2=O)CC1. The molecular weight excluding hydrogens is 364 g/mol. The van der Waals surface area contributed by atoms with Gasteiger partial charge in [-0.2, -0.15) is 5.10 Å². The van der Waals surface area contributed by atoms with Crippen LogP contribution in [0.3, 0.4) is 0 Å². The molecule has 0 spiro atoms. The molecule has 0 atom stereocenters. The van der Waals surface area contributed by atoms with Crippen molar-refractivity contribution in [3.05, 3.63) is 52.8 Å². The van der Waals surface area contributed by atoms with Crippen molar-refractivity contribution >= 4 is 11.7 Å². The van der Waals surface area contributed by atoms with Crippen LogP contribution in [-0.4, -0.2) is 89.1 Å². The fraction of sp³-hybridized carbons (Fsp3) is 0.500. The number of hydrogen-bond donors (Lipinski definition) is 0. The van der Waals surface area contributed by atoms with Crippen molar-refractivity contribution in [2.75, 3.05) is 52.9 Å². The van der Waals surface area contributed by atoms with E-state index in [0.717, 1.165) is 69.3 Å². The first-order chi connectivity index (χ1) is 14.1. The Morgan fingerprint density at radius 1 is 1.10 bits per heavy atom. The van der Waals surface area contributed by atoms with E-state index in [0.29, 0.717) is 0 Å². The molecule has 7 heteroatoms. The molecule has 1 saturated heterocycles. The Bertz CT molecular complexity index is 910. The molecule has 2 aliphatic rings. The second kappa shape index (κ2) is 8.37. The van der Waals surface area contributed by atoms with Crippen LogP contribution in [0, 0.1) is 6.92 Å². The molecule has 2 aromatic rings. The minimum atomic E-state index is 0.123. The van der Waals surface area contributed by atoms with Gasteiger partial charge in [-0.3, -0.25) is 19.4 Å². The smallest absolute Gasteiger partial charge is 0.257 e. The van der Waals surface area contributed by atoms with Crippen LogP contribution in [0.1, 0.15) is 27.2 Å². The summed E-state index contributed by atoms with van der Waals surface area (Å²) in [4.78, 5) is 24.1. The predicted molar refractivity (Wildman–Crippen MR) is 114 cm³/mol. The number of rotatable bonds is 4. The van der Waals surface area contributed by atoms with E-state index in [-0.39, 0.29) is 5.91 Å². The number of benzene rings is 1. The lowest BCUT2D eigenvalue weighted by Gasteiger charge is -2.38. The van der Waals surface area contributed by atoms with Crippen LogP contribution < -0.4 is 0 Å². The van der Waals surface area contributed by atoms with Crippen molar-refractivity contribution in [1.82, 2.24) is 24.5 Å². The van der Waals surface area contributed by atoms with E-state index in [1.165, 1.54) is 11.1 Å². The van der Waals surface area contributed by atoms with Crippen LogP contribution >= 0.6 is 0 Å². The Morgan fingerprint density at radius 3 is 2.59 bits per heavy atom. The zero-order valence-electron chi connectivity index (χ0n) is 17.6. The highest BCUT2D eigenvalue weighted by Gasteiger charge is 2.28. The topological polar surface area (TPSA) is 57.0 Å². The average molecular weight is 395 g/mol. The van der Waals surface area contributed by atoms with Gasteiger partial charge in [0.05, 0.1) is 11.3 Å². The number of aromatic nitrogens is 2. The maximum atomic E-state index is 12.7. The van der Waals surface area contributed by atoms with Crippen LogP contribution in [0.15, 0.2) is 35.5 Å². The third-order valence-electron chi connectivity index (χ3n) is 6.00. The van der Waals surface area contributed by atoms with Crippen molar-refractivity contribution in [1.29, 1.82) is 0 Å². The van der Waals surface area contributed by atoms with E-state index in [1.807, 2.05) is 25.2 Å². The van der Waals surface area contributed by atoms with Gasteiger partial charge >= 0.3 is 0 Å². The molecule has 3 heterocycles. The molecular formula is C22H30N6O. The molecule has 0 aliphatic carbocycles. The largest absolute Gasteiger partial charge is 0.354 e. The number of aliphatic imine (C=N–C) groups is 1. The number of amidine groups is 1. The molecule has 1 amide bonds. The van der Waals surface area contributed by atoms with Crippen LogP contribution in [0.2, 0.25) is 0 Å². The first kappa shape index (κ1) is 19.6. The van der Waals surface area contributed by atoms with Crippen LogP contribution in [0.4, 0.5) is 0 Å². The maximum absolute atomic E-state index is 12.7. The van der Waals surface area contributed by atoms with E-state index >= 15 is 0 Å². The predicted octanol–water partition coefficient (Wildman–Crippen LogP) is 1.42. The molecule has 4 rings (SSSR count). The van der Waals surface area contributed by atoms with E-state index in [9.17, 15) is 4.79 Å². The van der Waals surface area contributed by atoms with Gasteiger partial charge in [-0.1, -0.05) is 24.3 Å². The van der Waals surface area contributed by atoms with Gasteiger partial charge in [0.25, 0.3) is 5.91 Å². The Balaban J connectivity index is 1.30. The zero-order valence-corrected chi connectivity index (χ0v) is 17.6. The highest BCUT2D eigenvalue weighted by molar-refractivity contribution is 6.00. The van der Waals surface area contributed by atoms with Gasteiger partial charge in [0.2, 0.25) is 0 Å². The third kappa shape index (κ3) is 4.05.